The number of hydrogen-bond donors (Lipinski definition) is 2. The van der Waals surface area contributed by atoms with E-state index in [4.69, 9.17) is 21.3 Å². The number of aliphatic hydroxyl groups is 1. The summed E-state index contributed by atoms with van der Waals surface area (Å²) in [7, 11) is 0. The van der Waals surface area contributed by atoms with Crippen molar-refractivity contribution in [2.75, 3.05) is 6.54 Å². The van der Waals surface area contributed by atoms with Gasteiger partial charge in [0.2, 0.25) is 0 Å². The predicted molar refractivity (Wildman–Crippen MR) is 81.7 cm³/mol. The molecule has 0 bridgehead atoms. The summed E-state index contributed by atoms with van der Waals surface area (Å²) in [4.78, 5) is 11.9. The molecule has 1 aromatic carbocycles. The van der Waals surface area contributed by atoms with Gasteiger partial charge in [0.15, 0.2) is 0 Å². The molecule has 0 spiro atoms. The Hall–Kier alpha value is -2.55. The van der Waals surface area contributed by atoms with Gasteiger partial charge in [-0.25, -0.2) is 0 Å². The van der Waals surface area contributed by atoms with Crippen LogP contribution in [0.25, 0.3) is 6.08 Å². The molecule has 2 aromatic rings. The summed E-state index contributed by atoms with van der Waals surface area (Å²) in [6.07, 6.45) is 1.82. The number of halogens is 1. The van der Waals surface area contributed by atoms with Crippen LogP contribution in [0.15, 0.2) is 52.7 Å². The van der Waals surface area contributed by atoms with Crippen molar-refractivity contribution in [3.63, 3.8) is 0 Å². The number of carbonyl (C=O) groups excluding carboxylic acids is 1. The van der Waals surface area contributed by atoms with E-state index in [9.17, 15) is 9.90 Å². The van der Waals surface area contributed by atoms with Crippen molar-refractivity contribution >= 4 is 23.6 Å². The first-order chi connectivity index (χ1) is 10.6. The molecule has 1 unspecified atom stereocenters. The second-order valence-electron chi connectivity index (χ2n) is 4.43. The van der Waals surface area contributed by atoms with Crippen molar-refractivity contribution in [2.24, 2.45) is 0 Å². The van der Waals surface area contributed by atoms with Crippen LogP contribution in [0.2, 0.25) is 5.02 Å². The molecular formula is C16H13ClN2O3. The van der Waals surface area contributed by atoms with Gasteiger partial charge in [-0.2, -0.15) is 5.26 Å². The number of nitriles is 1. The third-order valence-electron chi connectivity index (χ3n) is 2.92. The van der Waals surface area contributed by atoms with Crippen LogP contribution in [0.3, 0.4) is 0 Å². The van der Waals surface area contributed by atoms with Crippen LogP contribution in [0, 0.1) is 11.3 Å². The van der Waals surface area contributed by atoms with Gasteiger partial charge in [0.05, 0.1) is 12.4 Å². The Kier molecular flexibility index (Phi) is 5.37. The molecule has 0 aliphatic rings. The molecule has 22 heavy (non-hydrogen) atoms. The summed E-state index contributed by atoms with van der Waals surface area (Å²) in [5.74, 6) is -0.191. The van der Waals surface area contributed by atoms with Gasteiger partial charge < -0.3 is 14.8 Å². The Balaban J connectivity index is 2.00. The second-order valence-corrected chi connectivity index (χ2v) is 4.84. The van der Waals surface area contributed by atoms with Gasteiger partial charge in [0.1, 0.15) is 17.4 Å². The van der Waals surface area contributed by atoms with E-state index in [-0.39, 0.29) is 12.1 Å². The maximum absolute atomic E-state index is 11.9. The Bertz CT molecular complexity index is 717. The molecular weight excluding hydrogens is 304 g/mol. The van der Waals surface area contributed by atoms with E-state index in [1.807, 2.05) is 0 Å². The summed E-state index contributed by atoms with van der Waals surface area (Å²) in [6.45, 7) is -0.0558. The highest BCUT2D eigenvalue weighted by Crippen LogP contribution is 2.21. The van der Waals surface area contributed by atoms with E-state index in [0.717, 1.165) is 0 Å². The van der Waals surface area contributed by atoms with Crippen molar-refractivity contribution in [1.82, 2.24) is 5.32 Å². The first kappa shape index (κ1) is 15.8. The molecule has 5 nitrogen and oxygen atoms in total. The minimum atomic E-state index is -0.957. The van der Waals surface area contributed by atoms with Crippen LogP contribution in [-0.4, -0.2) is 17.6 Å². The van der Waals surface area contributed by atoms with Crippen molar-refractivity contribution in [1.29, 1.82) is 5.26 Å². The Labute approximate surface area is 132 Å². The third-order valence-corrected chi connectivity index (χ3v) is 3.26. The van der Waals surface area contributed by atoms with Gasteiger partial charge >= 0.3 is 0 Å². The van der Waals surface area contributed by atoms with Gasteiger partial charge in [-0.1, -0.05) is 29.8 Å². The molecule has 0 aliphatic heterocycles. The standard InChI is InChI=1S/C16H13ClN2O3/c17-14-6-2-1-5-13(14)15(20)10-19-16(21)11(9-18)8-12-4-3-7-22-12/h1-8,15,20H,10H2,(H,19,21)/b11-8+. The minimum Gasteiger partial charge on any atom is -0.465 e. The zero-order chi connectivity index (χ0) is 15.9. The third kappa shape index (κ3) is 3.98. The average Bonchev–Trinajstić information content (AvgIpc) is 3.03. The lowest BCUT2D eigenvalue weighted by atomic mass is 10.1. The molecule has 0 fully saturated rings. The molecule has 2 rings (SSSR count). The summed E-state index contributed by atoms with van der Waals surface area (Å²) in [5.41, 5.74) is 0.402. The largest absolute Gasteiger partial charge is 0.465 e. The first-order valence-electron chi connectivity index (χ1n) is 6.48. The van der Waals surface area contributed by atoms with E-state index < -0.39 is 12.0 Å². The number of carbonyl (C=O) groups is 1. The fourth-order valence-electron chi connectivity index (χ4n) is 1.80. The van der Waals surface area contributed by atoms with Gasteiger partial charge in [-0.05, 0) is 18.2 Å². The second kappa shape index (κ2) is 7.46. The molecule has 1 aromatic heterocycles. The fourth-order valence-corrected chi connectivity index (χ4v) is 2.07. The number of furan rings is 1. The van der Waals surface area contributed by atoms with Gasteiger partial charge in [0, 0.05) is 23.2 Å². The van der Waals surface area contributed by atoms with E-state index in [0.29, 0.717) is 16.3 Å². The first-order valence-corrected chi connectivity index (χ1v) is 6.85. The molecule has 1 amide bonds. The maximum atomic E-state index is 11.9. The van der Waals surface area contributed by atoms with Crippen molar-refractivity contribution in [3.05, 3.63) is 64.6 Å². The van der Waals surface area contributed by atoms with E-state index in [1.165, 1.54) is 12.3 Å². The summed E-state index contributed by atoms with van der Waals surface area (Å²) >= 11 is 5.97. The summed E-state index contributed by atoms with van der Waals surface area (Å²) < 4.78 is 5.05. The van der Waals surface area contributed by atoms with Gasteiger partial charge in [-0.3, -0.25) is 4.79 Å². The maximum Gasteiger partial charge on any atom is 0.262 e. The number of aliphatic hydroxyl groups excluding tert-OH is 1. The molecule has 112 valence electrons. The highest BCUT2D eigenvalue weighted by atomic mass is 35.5. The fraction of sp³-hybridized carbons (Fsp3) is 0.125. The van der Waals surface area contributed by atoms with Crippen LogP contribution in [0.1, 0.15) is 17.4 Å². The molecule has 0 aliphatic carbocycles. The van der Waals surface area contributed by atoms with Gasteiger partial charge in [0.25, 0.3) is 5.91 Å². The van der Waals surface area contributed by atoms with Crippen molar-refractivity contribution in [3.8, 4) is 6.07 Å². The highest BCUT2D eigenvalue weighted by Gasteiger charge is 2.15. The Morgan fingerprint density at radius 2 is 2.18 bits per heavy atom. The number of nitrogens with zero attached hydrogens (tertiary/aromatic N) is 1. The van der Waals surface area contributed by atoms with Crippen molar-refractivity contribution in [2.45, 2.75) is 6.10 Å². The Morgan fingerprint density at radius 3 is 2.82 bits per heavy atom. The SMILES string of the molecule is N#C/C(=C\c1ccco1)C(=O)NCC(O)c1ccccc1Cl. The van der Waals surface area contributed by atoms with E-state index in [1.54, 1.807) is 42.5 Å². The number of rotatable bonds is 5. The monoisotopic (exact) mass is 316 g/mol. The van der Waals surface area contributed by atoms with Gasteiger partial charge in [-0.15, -0.1) is 0 Å². The smallest absolute Gasteiger partial charge is 0.262 e. The van der Waals surface area contributed by atoms with Crippen molar-refractivity contribution < 1.29 is 14.3 Å². The van der Waals surface area contributed by atoms with Crippen LogP contribution in [0.5, 0.6) is 0 Å². The lowest BCUT2D eigenvalue weighted by molar-refractivity contribution is -0.117. The quantitative estimate of drug-likeness (QED) is 0.656. The predicted octanol–water partition coefficient (Wildman–Crippen LogP) is 2.69. The number of benzene rings is 1. The number of nitrogens with one attached hydrogen (secondary N) is 1. The van der Waals surface area contributed by atoms with Crippen LogP contribution in [-0.2, 0) is 4.79 Å². The number of amides is 1. The average molecular weight is 317 g/mol. The lowest BCUT2D eigenvalue weighted by Gasteiger charge is -2.13. The summed E-state index contributed by atoms with van der Waals surface area (Å²) in [5, 5.41) is 22.0. The normalized spacial score (nSPS) is 12.5. The number of hydrogen-bond acceptors (Lipinski definition) is 4. The van der Waals surface area contributed by atoms with E-state index in [2.05, 4.69) is 5.32 Å². The van der Waals surface area contributed by atoms with Crippen LogP contribution in [0.4, 0.5) is 0 Å². The zero-order valence-electron chi connectivity index (χ0n) is 11.5. The lowest BCUT2D eigenvalue weighted by Crippen LogP contribution is -2.29. The van der Waals surface area contributed by atoms with Crippen LogP contribution >= 0.6 is 11.6 Å². The minimum absolute atomic E-state index is 0.0558. The molecule has 1 heterocycles. The van der Waals surface area contributed by atoms with E-state index >= 15 is 0 Å². The Morgan fingerprint density at radius 1 is 1.41 bits per heavy atom. The molecule has 2 N–H and O–H groups in total. The topological polar surface area (TPSA) is 86.3 Å². The van der Waals surface area contributed by atoms with Crippen LogP contribution < -0.4 is 5.32 Å². The molecule has 6 heteroatoms. The molecule has 0 saturated carbocycles. The molecule has 0 saturated heterocycles. The highest BCUT2D eigenvalue weighted by molar-refractivity contribution is 6.31. The zero-order valence-corrected chi connectivity index (χ0v) is 12.2. The summed E-state index contributed by atoms with van der Waals surface area (Å²) in [6, 6.07) is 11.9. The molecule has 1 atom stereocenters. The molecule has 0 radical (unpaired) electrons.